The van der Waals surface area contributed by atoms with Gasteiger partial charge in [0.1, 0.15) is 0 Å². The van der Waals surface area contributed by atoms with Gasteiger partial charge in [0.2, 0.25) is 0 Å². The minimum atomic E-state index is 0.540. The van der Waals surface area contributed by atoms with Crippen molar-refractivity contribution >= 4 is 0 Å². The summed E-state index contributed by atoms with van der Waals surface area (Å²) in [5, 5.41) is 3.69. The van der Waals surface area contributed by atoms with Crippen LogP contribution in [0.4, 0.5) is 0 Å². The Bertz CT molecular complexity index is 204. The number of ether oxygens (including phenoxy) is 1. The summed E-state index contributed by atoms with van der Waals surface area (Å²) in [5.74, 6) is 0.881. The average Bonchev–Trinajstić information content (AvgIpc) is 2.69. The lowest BCUT2D eigenvalue weighted by Gasteiger charge is -2.36. The summed E-state index contributed by atoms with van der Waals surface area (Å²) < 4.78 is 5.57. The largest absolute Gasteiger partial charge is 0.378 e. The van der Waals surface area contributed by atoms with Crippen LogP contribution < -0.4 is 5.32 Å². The molecule has 3 heteroatoms. The molecule has 2 aliphatic rings. The van der Waals surface area contributed by atoms with Gasteiger partial charge in [-0.25, -0.2) is 0 Å². The molecule has 0 bridgehead atoms. The zero-order valence-corrected chi connectivity index (χ0v) is 10.7. The Kier molecular flexibility index (Phi) is 4.62. The van der Waals surface area contributed by atoms with Gasteiger partial charge in [-0.1, -0.05) is 6.92 Å². The standard InChI is InChI=1S/C13H26N2O/c1-3-15-6-5-11(10-15)9-14-12-7-13(8-12)16-4-2/h11-14H,3-10H2,1-2H3. The highest BCUT2D eigenvalue weighted by molar-refractivity contribution is 4.87. The minimum Gasteiger partial charge on any atom is -0.378 e. The van der Waals surface area contributed by atoms with E-state index in [2.05, 4.69) is 24.1 Å². The fourth-order valence-electron chi connectivity index (χ4n) is 2.80. The second-order valence-electron chi connectivity index (χ2n) is 5.20. The highest BCUT2D eigenvalue weighted by Crippen LogP contribution is 2.24. The summed E-state index contributed by atoms with van der Waals surface area (Å²) in [6.07, 6.45) is 4.36. The van der Waals surface area contributed by atoms with E-state index in [4.69, 9.17) is 4.74 Å². The third-order valence-electron chi connectivity index (χ3n) is 4.01. The predicted molar refractivity (Wildman–Crippen MR) is 66.7 cm³/mol. The Hall–Kier alpha value is -0.120. The number of likely N-dealkylation sites (tertiary alicyclic amines) is 1. The Labute approximate surface area is 99.5 Å². The summed E-state index contributed by atoms with van der Waals surface area (Å²) in [5.41, 5.74) is 0. The average molecular weight is 226 g/mol. The van der Waals surface area contributed by atoms with Gasteiger partial charge >= 0.3 is 0 Å². The first kappa shape index (κ1) is 12.3. The van der Waals surface area contributed by atoms with Crippen molar-refractivity contribution < 1.29 is 4.74 Å². The van der Waals surface area contributed by atoms with Crippen LogP contribution in [0.5, 0.6) is 0 Å². The maximum atomic E-state index is 5.57. The molecular weight excluding hydrogens is 200 g/mol. The Morgan fingerprint density at radius 2 is 2.12 bits per heavy atom. The monoisotopic (exact) mass is 226 g/mol. The lowest BCUT2D eigenvalue weighted by molar-refractivity contribution is -0.0105. The highest BCUT2D eigenvalue weighted by Gasteiger charge is 2.30. The molecule has 0 aromatic carbocycles. The number of nitrogens with zero attached hydrogens (tertiary/aromatic N) is 1. The zero-order chi connectivity index (χ0) is 11.4. The van der Waals surface area contributed by atoms with Crippen LogP contribution in [-0.2, 0) is 4.74 Å². The van der Waals surface area contributed by atoms with Gasteiger partial charge in [0.05, 0.1) is 6.10 Å². The molecule has 1 N–H and O–H groups in total. The van der Waals surface area contributed by atoms with Crippen LogP contribution in [0.1, 0.15) is 33.1 Å². The molecule has 1 unspecified atom stereocenters. The maximum Gasteiger partial charge on any atom is 0.0604 e. The summed E-state index contributed by atoms with van der Waals surface area (Å²) in [6.45, 7) is 10.2. The van der Waals surface area contributed by atoms with E-state index in [-0.39, 0.29) is 0 Å². The molecule has 1 aliphatic heterocycles. The molecule has 2 rings (SSSR count). The van der Waals surface area contributed by atoms with E-state index < -0.39 is 0 Å². The van der Waals surface area contributed by atoms with Gasteiger partial charge in [-0.2, -0.15) is 0 Å². The van der Waals surface area contributed by atoms with Crippen molar-refractivity contribution in [3.05, 3.63) is 0 Å². The van der Waals surface area contributed by atoms with E-state index in [1.165, 1.54) is 45.4 Å². The van der Waals surface area contributed by atoms with Crippen molar-refractivity contribution in [1.29, 1.82) is 0 Å². The van der Waals surface area contributed by atoms with Crippen molar-refractivity contribution in [1.82, 2.24) is 10.2 Å². The van der Waals surface area contributed by atoms with Crippen molar-refractivity contribution in [3.63, 3.8) is 0 Å². The normalized spacial score (nSPS) is 35.2. The quantitative estimate of drug-likeness (QED) is 0.742. The van der Waals surface area contributed by atoms with E-state index in [0.29, 0.717) is 6.10 Å². The molecule has 1 saturated carbocycles. The Morgan fingerprint density at radius 3 is 2.75 bits per heavy atom. The van der Waals surface area contributed by atoms with Gasteiger partial charge in [-0.3, -0.25) is 0 Å². The van der Waals surface area contributed by atoms with Gasteiger partial charge < -0.3 is 15.0 Å². The molecule has 1 heterocycles. The first-order valence-corrected chi connectivity index (χ1v) is 6.89. The Balaban J connectivity index is 1.53. The first-order chi connectivity index (χ1) is 7.81. The molecule has 0 amide bonds. The molecule has 0 aromatic heterocycles. The summed E-state index contributed by atoms with van der Waals surface area (Å²) >= 11 is 0. The molecule has 0 spiro atoms. The number of hydrogen-bond acceptors (Lipinski definition) is 3. The van der Waals surface area contributed by atoms with Crippen molar-refractivity contribution in [2.24, 2.45) is 5.92 Å². The molecular formula is C13H26N2O. The fraction of sp³-hybridized carbons (Fsp3) is 1.00. The van der Waals surface area contributed by atoms with Crippen molar-refractivity contribution in [3.8, 4) is 0 Å². The molecule has 1 aliphatic carbocycles. The van der Waals surface area contributed by atoms with Crippen molar-refractivity contribution in [2.45, 2.75) is 45.3 Å². The van der Waals surface area contributed by atoms with Crippen LogP contribution in [0.3, 0.4) is 0 Å². The van der Waals surface area contributed by atoms with E-state index in [9.17, 15) is 0 Å². The number of hydrogen-bond donors (Lipinski definition) is 1. The minimum absolute atomic E-state index is 0.540. The lowest BCUT2D eigenvalue weighted by Crippen LogP contribution is -2.47. The van der Waals surface area contributed by atoms with E-state index >= 15 is 0 Å². The molecule has 16 heavy (non-hydrogen) atoms. The Morgan fingerprint density at radius 1 is 1.31 bits per heavy atom. The molecule has 0 radical (unpaired) electrons. The van der Waals surface area contributed by atoms with E-state index in [1.54, 1.807) is 0 Å². The second-order valence-corrected chi connectivity index (χ2v) is 5.20. The van der Waals surface area contributed by atoms with Crippen LogP contribution >= 0.6 is 0 Å². The van der Waals surface area contributed by atoms with E-state index in [0.717, 1.165) is 18.6 Å². The number of rotatable bonds is 6. The molecule has 0 aromatic rings. The lowest BCUT2D eigenvalue weighted by atomic mass is 9.89. The summed E-state index contributed by atoms with van der Waals surface area (Å²) in [6, 6.07) is 0.729. The van der Waals surface area contributed by atoms with Gasteiger partial charge in [0.25, 0.3) is 0 Å². The molecule has 2 fully saturated rings. The van der Waals surface area contributed by atoms with Crippen LogP contribution in [0.25, 0.3) is 0 Å². The molecule has 1 saturated heterocycles. The molecule has 94 valence electrons. The third-order valence-corrected chi connectivity index (χ3v) is 4.01. The van der Waals surface area contributed by atoms with Gasteiger partial charge in [0, 0.05) is 19.2 Å². The fourth-order valence-corrected chi connectivity index (χ4v) is 2.80. The third kappa shape index (κ3) is 3.19. The van der Waals surface area contributed by atoms with Crippen LogP contribution in [-0.4, -0.2) is 49.8 Å². The van der Waals surface area contributed by atoms with Crippen LogP contribution in [0.15, 0.2) is 0 Å². The van der Waals surface area contributed by atoms with Gasteiger partial charge in [-0.05, 0) is 51.7 Å². The number of nitrogens with one attached hydrogen (secondary N) is 1. The van der Waals surface area contributed by atoms with Crippen LogP contribution in [0, 0.1) is 5.92 Å². The topological polar surface area (TPSA) is 24.5 Å². The SMILES string of the molecule is CCOC1CC(NCC2CCN(CC)C2)C1. The molecule has 1 atom stereocenters. The summed E-state index contributed by atoms with van der Waals surface area (Å²) in [7, 11) is 0. The predicted octanol–water partition coefficient (Wildman–Crippen LogP) is 1.49. The second kappa shape index (κ2) is 5.99. The highest BCUT2D eigenvalue weighted by atomic mass is 16.5. The van der Waals surface area contributed by atoms with E-state index in [1.807, 2.05) is 0 Å². The van der Waals surface area contributed by atoms with Crippen LogP contribution in [0.2, 0.25) is 0 Å². The van der Waals surface area contributed by atoms with Gasteiger partial charge in [-0.15, -0.1) is 0 Å². The molecule has 3 nitrogen and oxygen atoms in total. The zero-order valence-electron chi connectivity index (χ0n) is 10.7. The van der Waals surface area contributed by atoms with Gasteiger partial charge in [0.15, 0.2) is 0 Å². The smallest absolute Gasteiger partial charge is 0.0604 e. The maximum absolute atomic E-state index is 5.57. The van der Waals surface area contributed by atoms with Crippen molar-refractivity contribution in [2.75, 3.05) is 32.8 Å². The first-order valence-electron chi connectivity index (χ1n) is 6.89. The summed E-state index contributed by atoms with van der Waals surface area (Å²) in [4.78, 5) is 2.55.